The maximum atomic E-state index is 12.1. The van der Waals surface area contributed by atoms with Crippen LogP contribution in [0.1, 0.15) is 0 Å². The molecule has 23 heavy (non-hydrogen) atoms. The molecule has 8 heteroatoms. The molecule has 0 fully saturated rings. The summed E-state index contributed by atoms with van der Waals surface area (Å²) >= 11 is 0. The second-order valence-electron chi connectivity index (χ2n) is 4.80. The third kappa shape index (κ3) is 2.53. The molecule has 0 bridgehead atoms. The van der Waals surface area contributed by atoms with Crippen LogP contribution in [-0.4, -0.2) is 24.9 Å². The topological polar surface area (TPSA) is 121 Å². The van der Waals surface area contributed by atoms with Gasteiger partial charge >= 0.3 is 5.69 Å². The number of phenolic OH excluding ortho intramolecular Hbond substituents is 2. The normalized spacial score (nSPS) is 10.6. The van der Waals surface area contributed by atoms with Gasteiger partial charge in [-0.1, -0.05) is 18.2 Å². The Labute approximate surface area is 129 Å². The van der Waals surface area contributed by atoms with Crippen molar-refractivity contribution >= 4 is 5.69 Å². The molecule has 0 aliphatic heterocycles. The van der Waals surface area contributed by atoms with E-state index < -0.39 is 22.1 Å². The van der Waals surface area contributed by atoms with Gasteiger partial charge in [0.1, 0.15) is 0 Å². The van der Waals surface area contributed by atoms with Crippen molar-refractivity contribution in [3.63, 3.8) is 0 Å². The molecule has 1 heterocycles. The van der Waals surface area contributed by atoms with Gasteiger partial charge in [0.2, 0.25) is 5.75 Å². The summed E-state index contributed by atoms with van der Waals surface area (Å²) in [5.74, 6) is -1.45. The fraction of sp³-hybridized carbons (Fsp3) is 0. The summed E-state index contributed by atoms with van der Waals surface area (Å²) in [4.78, 5) is 22.2. The number of aromatic nitrogens is 2. The van der Waals surface area contributed by atoms with E-state index in [4.69, 9.17) is 0 Å². The molecule has 0 atom stereocenters. The quantitative estimate of drug-likeness (QED) is 0.388. The molecule has 3 rings (SSSR count). The van der Waals surface area contributed by atoms with E-state index in [-0.39, 0.29) is 16.8 Å². The minimum Gasteiger partial charge on any atom is -0.504 e. The van der Waals surface area contributed by atoms with Crippen LogP contribution in [-0.2, 0) is 0 Å². The number of aromatic hydroxyl groups is 2. The van der Waals surface area contributed by atoms with Crippen molar-refractivity contribution in [1.29, 1.82) is 0 Å². The molecule has 8 nitrogen and oxygen atoms in total. The molecule has 2 aromatic carbocycles. The highest BCUT2D eigenvalue weighted by Gasteiger charge is 2.20. The summed E-state index contributed by atoms with van der Waals surface area (Å²) in [7, 11) is 0. The Morgan fingerprint density at radius 3 is 2.43 bits per heavy atom. The van der Waals surface area contributed by atoms with Gasteiger partial charge in [-0.2, -0.15) is 0 Å². The van der Waals surface area contributed by atoms with Crippen molar-refractivity contribution in [2.24, 2.45) is 0 Å². The third-order valence-corrected chi connectivity index (χ3v) is 3.31. The summed E-state index contributed by atoms with van der Waals surface area (Å²) in [5.41, 5.74) is 0.0759. The molecule has 0 saturated heterocycles. The van der Waals surface area contributed by atoms with Gasteiger partial charge in [-0.3, -0.25) is 20.0 Å². The van der Waals surface area contributed by atoms with Crippen molar-refractivity contribution in [2.75, 3.05) is 0 Å². The molecule has 0 amide bonds. The fourth-order valence-corrected chi connectivity index (χ4v) is 2.21. The number of phenols is 2. The number of H-pyrrole nitrogens is 1. The molecule has 0 aliphatic carbocycles. The molecule has 116 valence electrons. The Balaban J connectivity index is 2.14. The van der Waals surface area contributed by atoms with Crippen LogP contribution in [0.3, 0.4) is 0 Å². The molecule has 1 aromatic heterocycles. The highest BCUT2D eigenvalue weighted by atomic mass is 16.6. The Bertz CT molecular complexity index is 943. The molecule has 3 aromatic rings. The van der Waals surface area contributed by atoms with Gasteiger partial charge < -0.3 is 10.2 Å². The zero-order chi connectivity index (χ0) is 16.6. The predicted octanol–water partition coefficient (Wildman–Crippen LogP) is 2.15. The van der Waals surface area contributed by atoms with Crippen molar-refractivity contribution in [2.45, 2.75) is 0 Å². The first-order valence-corrected chi connectivity index (χ1v) is 6.55. The predicted molar refractivity (Wildman–Crippen MR) is 81.8 cm³/mol. The van der Waals surface area contributed by atoms with Crippen LogP contribution in [0.4, 0.5) is 5.69 Å². The van der Waals surface area contributed by atoms with E-state index in [0.717, 1.165) is 12.1 Å². The van der Waals surface area contributed by atoms with Gasteiger partial charge in [0.15, 0.2) is 5.75 Å². The van der Waals surface area contributed by atoms with Gasteiger partial charge in [0.25, 0.3) is 5.56 Å². The lowest BCUT2D eigenvalue weighted by Gasteiger charge is -2.04. The lowest BCUT2D eigenvalue weighted by molar-refractivity contribution is -0.385. The summed E-state index contributed by atoms with van der Waals surface area (Å²) in [5, 5.41) is 32.9. The number of nitro groups is 1. The Morgan fingerprint density at radius 1 is 1.09 bits per heavy atom. The maximum Gasteiger partial charge on any atom is 0.315 e. The lowest BCUT2D eigenvalue weighted by Crippen LogP contribution is -2.12. The molecular weight excluding hydrogens is 302 g/mol. The van der Waals surface area contributed by atoms with Crippen molar-refractivity contribution in [3.05, 3.63) is 69.0 Å². The number of hydrogen-bond acceptors (Lipinski definition) is 5. The monoisotopic (exact) mass is 313 g/mol. The highest BCUT2D eigenvalue weighted by molar-refractivity contribution is 5.70. The van der Waals surface area contributed by atoms with Gasteiger partial charge in [0, 0.05) is 17.7 Å². The highest BCUT2D eigenvalue weighted by Crippen LogP contribution is 2.38. The number of nitrogens with zero attached hydrogens (tertiary/aromatic N) is 2. The van der Waals surface area contributed by atoms with Crippen LogP contribution >= 0.6 is 0 Å². The average Bonchev–Trinajstić information content (AvgIpc) is 2.92. The van der Waals surface area contributed by atoms with Crippen LogP contribution in [0.25, 0.3) is 16.9 Å². The van der Waals surface area contributed by atoms with Crippen molar-refractivity contribution in [1.82, 2.24) is 9.78 Å². The van der Waals surface area contributed by atoms with E-state index in [9.17, 15) is 25.1 Å². The van der Waals surface area contributed by atoms with E-state index in [1.807, 2.05) is 0 Å². The first kappa shape index (κ1) is 14.4. The van der Waals surface area contributed by atoms with Crippen LogP contribution in [0.15, 0.2) is 53.3 Å². The van der Waals surface area contributed by atoms with Gasteiger partial charge in [-0.05, 0) is 18.2 Å². The van der Waals surface area contributed by atoms with Gasteiger partial charge in [0.05, 0.1) is 16.3 Å². The zero-order valence-corrected chi connectivity index (χ0v) is 11.6. The smallest absolute Gasteiger partial charge is 0.315 e. The molecule has 0 radical (unpaired) electrons. The van der Waals surface area contributed by atoms with Crippen LogP contribution in [0, 0.1) is 10.1 Å². The summed E-state index contributed by atoms with van der Waals surface area (Å²) in [6, 6.07) is 12.2. The second-order valence-corrected chi connectivity index (χ2v) is 4.80. The Morgan fingerprint density at radius 2 is 1.78 bits per heavy atom. The van der Waals surface area contributed by atoms with Gasteiger partial charge in [-0.25, -0.2) is 4.68 Å². The molecule has 0 unspecified atom stereocenters. The van der Waals surface area contributed by atoms with E-state index in [2.05, 4.69) is 5.10 Å². The molecule has 0 aliphatic rings. The molecule has 0 spiro atoms. The third-order valence-electron chi connectivity index (χ3n) is 3.31. The largest absolute Gasteiger partial charge is 0.504 e. The Hall–Kier alpha value is -3.55. The van der Waals surface area contributed by atoms with E-state index >= 15 is 0 Å². The standard InChI is InChI=1S/C15H11N3O5/c19-13-7-9(6-12(15(13)21)18(22)23)11-8-14(20)17(16-11)10-4-2-1-3-5-10/h1-8,16,19,21H. The first-order chi connectivity index (χ1) is 11.0. The van der Waals surface area contributed by atoms with Crippen molar-refractivity contribution < 1.29 is 15.1 Å². The number of aromatic amines is 1. The average molecular weight is 313 g/mol. The van der Waals surface area contributed by atoms with Crippen molar-refractivity contribution in [3.8, 4) is 28.4 Å². The second kappa shape index (κ2) is 5.34. The SMILES string of the molecule is O=c1cc(-c2cc(O)c(O)c([N+](=O)[O-])c2)[nH]n1-c1ccccc1. The molecule has 3 N–H and O–H groups in total. The number of para-hydroxylation sites is 1. The number of rotatable bonds is 3. The van der Waals surface area contributed by atoms with Crippen LogP contribution < -0.4 is 5.56 Å². The number of benzene rings is 2. The minimum absolute atomic E-state index is 0.207. The minimum atomic E-state index is -0.816. The van der Waals surface area contributed by atoms with Crippen LogP contribution in [0.5, 0.6) is 11.5 Å². The van der Waals surface area contributed by atoms with Gasteiger partial charge in [-0.15, -0.1) is 0 Å². The number of nitro benzene ring substituents is 1. The van der Waals surface area contributed by atoms with Crippen LogP contribution in [0.2, 0.25) is 0 Å². The summed E-state index contributed by atoms with van der Waals surface area (Å²) in [6.07, 6.45) is 0. The maximum absolute atomic E-state index is 12.1. The first-order valence-electron chi connectivity index (χ1n) is 6.55. The Kier molecular flexibility index (Phi) is 3.34. The molecule has 0 saturated carbocycles. The van der Waals surface area contributed by atoms with E-state index in [1.165, 1.54) is 10.7 Å². The number of nitrogens with one attached hydrogen (secondary N) is 1. The molecular formula is C15H11N3O5. The lowest BCUT2D eigenvalue weighted by atomic mass is 10.1. The number of hydrogen-bond donors (Lipinski definition) is 3. The summed E-state index contributed by atoms with van der Waals surface area (Å²) in [6.45, 7) is 0. The van der Waals surface area contributed by atoms with E-state index in [1.54, 1.807) is 30.3 Å². The fourth-order valence-electron chi connectivity index (χ4n) is 2.21. The van der Waals surface area contributed by atoms with E-state index in [0.29, 0.717) is 5.69 Å². The zero-order valence-electron chi connectivity index (χ0n) is 11.6. The summed E-state index contributed by atoms with van der Waals surface area (Å²) < 4.78 is 1.27.